The number of rotatable bonds is 5. The molecule has 1 aliphatic rings. The van der Waals surface area contributed by atoms with Crippen molar-refractivity contribution in [1.82, 2.24) is 19.9 Å². The number of hydrogen-bond donors (Lipinski definition) is 1. The molecule has 1 saturated heterocycles. The summed E-state index contributed by atoms with van der Waals surface area (Å²) in [7, 11) is 0. The second kappa shape index (κ2) is 7.33. The number of nitrogens with one attached hydrogen (secondary N) is 1. The third kappa shape index (κ3) is 3.72. The lowest BCUT2D eigenvalue weighted by Gasteiger charge is -2.16. The van der Waals surface area contributed by atoms with Gasteiger partial charge in [0, 0.05) is 24.3 Å². The summed E-state index contributed by atoms with van der Waals surface area (Å²) in [6, 6.07) is 11.4. The zero-order chi connectivity index (χ0) is 17.1. The number of hydrogen-bond acceptors (Lipinski definition) is 5. The number of likely N-dealkylation sites (tertiary alicyclic amines) is 1. The summed E-state index contributed by atoms with van der Waals surface area (Å²) in [4.78, 5) is 16.4. The summed E-state index contributed by atoms with van der Waals surface area (Å²) in [5.74, 6) is 0.757. The fraction of sp³-hybridized carbons (Fsp3) is 0.316. The molecule has 0 radical (unpaired) electrons. The molecule has 2 aromatic heterocycles. The molecular formula is C19H20ClN5. The first kappa shape index (κ1) is 16.2. The van der Waals surface area contributed by atoms with E-state index in [9.17, 15) is 0 Å². The van der Waals surface area contributed by atoms with Crippen LogP contribution in [-0.4, -0.2) is 46.0 Å². The van der Waals surface area contributed by atoms with Gasteiger partial charge >= 0.3 is 0 Å². The van der Waals surface area contributed by atoms with Crippen molar-refractivity contribution in [1.29, 1.82) is 0 Å². The van der Waals surface area contributed by atoms with Crippen molar-refractivity contribution in [2.75, 3.05) is 31.5 Å². The smallest absolute Gasteiger partial charge is 0.155 e. The van der Waals surface area contributed by atoms with E-state index in [1.165, 1.54) is 25.9 Å². The molecular weight excluding hydrogens is 334 g/mol. The highest BCUT2D eigenvalue weighted by Crippen LogP contribution is 2.26. The molecule has 0 saturated carbocycles. The molecule has 0 amide bonds. The van der Waals surface area contributed by atoms with Crippen LogP contribution in [0.4, 0.5) is 5.82 Å². The van der Waals surface area contributed by atoms with Gasteiger partial charge in [0.15, 0.2) is 5.82 Å². The van der Waals surface area contributed by atoms with E-state index in [4.69, 9.17) is 21.6 Å². The van der Waals surface area contributed by atoms with Crippen molar-refractivity contribution in [2.45, 2.75) is 12.8 Å². The molecule has 0 spiro atoms. The van der Waals surface area contributed by atoms with Gasteiger partial charge in [0.1, 0.15) is 5.69 Å². The van der Waals surface area contributed by atoms with Crippen LogP contribution < -0.4 is 5.32 Å². The zero-order valence-electron chi connectivity index (χ0n) is 14.0. The first-order valence-electron chi connectivity index (χ1n) is 8.64. The molecule has 6 heteroatoms. The van der Waals surface area contributed by atoms with Gasteiger partial charge in [-0.15, -0.1) is 0 Å². The number of aromatic nitrogens is 3. The standard InChI is InChI=1S/C19H20ClN5/c20-14-6-7-15-17(13-14)24-19(22-9-12-25-10-3-4-11-25)18(23-15)16-5-1-2-8-21-16/h1-2,5-8,13H,3-4,9-12H2,(H,22,24). The predicted molar refractivity (Wildman–Crippen MR) is 102 cm³/mol. The van der Waals surface area contributed by atoms with Crippen molar-refractivity contribution in [3.05, 3.63) is 47.6 Å². The third-order valence-corrected chi connectivity index (χ3v) is 4.69. The van der Waals surface area contributed by atoms with Crippen molar-refractivity contribution >= 4 is 28.5 Å². The van der Waals surface area contributed by atoms with E-state index in [2.05, 4.69) is 15.2 Å². The topological polar surface area (TPSA) is 53.9 Å². The fourth-order valence-electron chi connectivity index (χ4n) is 3.17. The van der Waals surface area contributed by atoms with E-state index in [1.807, 2.05) is 36.4 Å². The zero-order valence-corrected chi connectivity index (χ0v) is 14.7. The maximum atomic E-state index is 6.11. The summed E-state index contributed by atoms with van der Waals surface area (Å²) >= 11 is 6.11. The Balaban J connectivity index is 1.66. The maximum Gasteiger partial charge on any atom is 0.155 e. The van der Waals surface area contributed by atoms with Crippen molar-refractivity contribution in [3.8, 4) is 11.4 Å². The van der Waals surface area contributed by atoms with Gasteiger partial charge in [-0.05, 0) is 56.3 Å². The molecule has 1 aromatic carbocycles. The number of nitrogens with zero attached hydrogens (tertiary/aromatic N) is 4. The Hall–Kier alpha value is -2.24. The maximum absolute atomic E-state index is 6.11. The van der Waals surface area contributed by atoms with Crippen LogP contribution in [0.5, 0.6) is 0 Å². The lowest BCUT2D eigenvalue weighted by atomic mass is 10.2. The first-order valence-corrected chi connectivity index (χ1v) is 9.02. The van der Waals surface area contributed by atoms with E-state index in [-0.39, 0.29) is 0 Å². The van der Waals surface area contributed by atoms with Crippen LogP contribution in [0.3, 0.4) is 0 Å². The Labute approximate surface area is 152 Å². The predicted octanol–water partition coefficient (Wildman–Crippen LogP) is 3.85. The number of benzene rings is 1. The van der Waals surface area contributed by atoms with Crippen LogP contribution in [0.2, 0.25) is 5.02 Å². The summed E-state index contributed by atoms with van der Waals surface area (Å²) in [6.07, 6.45) is 4.37. The monoisotopic (exact) mass is 353 g/mol. The first-order chi connectivity index (χ1) is 12.3. The van der Waals surface area contributed by atoms with E-state index < -0.39 is 0 Å². The van der Waals surface area contributed by atoms with E-state index in [1.54, 1.807) is 6.20 Å². The van der Waals surface area contributed by atoms with Gasteiger partial charge in [-0.2, -0.15) is 0 Å². The molecule has 1 fully saturated rings. The van der Waals surface area contributed by atoms with Crippen molar-refractivity contribution in [2.24, 2.45) is 0 Å². The Morgan fingerprint density at radius 2 is 1.92 bits per heavy atom. The minimum atomic E-state index is 0.662. The second-order valence-corrected chi connectivity index (χ2v) is 6.68. The molecule has 1 aliphatic heterocycles. The number of fused-ring (bicyclic) bond motifs is 1. The quantitative estimate of drug-likeness (QED) is 0.755. The average molecular weight is 354 g/mol. The average Bonchev–Trinajstić information content (AvgIpc) is 3.15. The SMILES string of the molecule is Clc1ccc2nc(-c3ccccn3)c(NCCN3CCCC3)nc2c1. The van der Waals surface area contributed by atoms with Crippen molar-refractivity contribution in [3.63, 3.8) is 0 Å². The minimum Gasteiger partial charge on any atom is -0.367 e. The Morgan fingerprint density at radius 3 is 2.72 bits per heavy atom. The summed E-state index contributed by atoms with van der Waals surface area (Å²) in [5, 5.41) is 4.11. The van der Waals surface area contributed by atoms with Crippen molar-refractivity contribution < 1.29 is 0 Å². The number of anilines is 1. The molecule has 0 atom stereocenters. The van der Waals surface area contributed by atoms with Gasteiger partial charge in [-0.25, -0.2) is 9.97 Å². The van der Waals surface area contributed by atoms with Crippen LogP contribution in [0.15, 0.2) is 42.6 Å². The molecule has 0 unspecified atom stereocenters. The summed E-state index contributed by atoms with van der Waals surface area (Å²) in [6.45, 7) is 4.22. The minimum absolute atomic E-state index is 0.662. The largest absolute Gasteiger partial charge is 0.367 e. The lowest BCUT2D eigenvalue weighted by Crippen LogP contribution is -2.26. The van der Waals surface area contributed by atoms with E-state index in [0.29, 0.717) is 5.02 Å². The Morgan fingerprint density at radius 1 is 1.04 bits per heavy atom. The number of pyridine rings is 1. The van der Waals surface area contributed by atoms with Gasteiger partial charge in [-0.1, -0.05) is 17.7 Å². The molecule has 0 aliphatic carbocycles. The lowest BCUT2D eigenvalue weighted by molar-refractivity contribution is 0.352. The normalized spacial score (nSPS) is 14.9. The van der Waals surface area contributed by atoms with E-state index >= 15 is 0 Å². The molecule has 1 N–H and O–H groups in total. The van der Waals surface area contributed by atoms with Gasteiger partial charge < -0.3 is 10.2 Å². The molecule has 25 heavy (non-hydrogen) atoms. The van der Waals surface area contributed by atoms with Gasteiger partial charge in [0.05, 0.1) is 16.7 Å². The van der Waals surface area contributed by atoms with Gasteiger partial charge in [0.2, 0.25) is 0 Å². The highest BCUT2D eigenvalue weighted by molar-refractivity contribution is 6.31. The van der Waals surface area contributed by atoms with Crippen LogP contribution in [0.1, 0.15) is 12.8 Å². The summed E-state index contributed by atoms with van der Waals surface area (Å²) in [5.41, 5.74) is 3.19. The molecule has 5 nitrogen and oxygen atoms in total. The van der Waals surface area contributed by atoms with Crippen LogP contribution in [0.25, 0.3) is 22.4 Å². The van der Waals surface area contributed by atoms with Crippen LogP contribution >= 0.6 is 11.6 Å². The highest BCUT2D eigenvalue weighted by Gasteiger charge is 2.14. The molecule has 4 rings (SSSR count). The molecule has 0 bridgehead atoms. The Bertz CT molecular complexity index is 862. The number of halogens is 1. The van der Waals surface area contributed by atoms with Gasteiger partial charge in [-0.3, -0.25) is 4.98 Å². The van der Waals surface area contributed by atoms with Crippen LogP contribution in [-0.2, 0) is 0 Å². The molecule has 128 valence electrons. The highest BCUT2D eigenvalue weighted by atomic mass is 35.5. The fourth-order valence-corrected chi connectivity index (χ4v) is 3.34. The third-order valence-electron chi connectivity index (χ3n) is 4.45. The second-order valence-electron chi connectivity index (χ2n) is 6.24. The molecule has 3 heterocycles. The van der Waals surface area contributed by atoms with Crippen LogP contribution in [0, 0.1) is 0 Å². The van der Waals surface area contributed by atoms with Gasteiger partial charge in [0.25, 0.3) is 0 Å². The summed E-state index contributed by atoms with van der Waals surface area (Å²) < 4.78 is 0. The molecule has 3 aromatic rings. The van der Waals surface area contributed by atoms with E-state index in [0.717, 1.165) is 41.3 Å². The Kier molecular flexibility index (Phi) is 4.76.